The van der Waals surface area contributed by atoms with Crippen LogP contribution >= 0.6 is 0 Å². The lowest BCUT2D eigenvalue weighted by atomic mass is 10.1. The van der Waals surface area contributed by atoms with Crippen LogP contribution in [0.3, 0.4) is 0 Å². The highest BCUT2D eigenvalue weighted by Crippen LogP contribution is 2.25. The molecule has 0 aromatic heterocycles. The Labute approximate surface area is 134 Å². The Balaban J connectivity index is 1.60. The van der Waals surface area contributed by atoms with Gasteiger partial charge in [-0.1, -0.05) is 0 Å². The molecule has 23 heavy (non-hydrogen) atoms. The van der Waals surface area contributed by atoms with E-state index in [1.165, 1.54) is 0 Å². The third-order valence-electron chi connectivity index (χ3n) is 4.32. The molecule has 2 fully saturated rings. The van der Waals surface area contributed by atoms with Crippen LogP contribution in [0.15, 0.2) is 18.2 Å². The highest BCUT2D eigenvalue weighted by atomic mass is 32.2. The van der Waals surface area contributed by atoms with Crippen molar-refractivity contribution in [2.45, 2.75) is 36.7 Å². The Morgan fingerprint density at radius 2 is 2.04 bits per heavy atom. The number of benzene rings is 1. The maximum atomic E-state index is 13.7. The summed E-state index contributed by atoms with van der Waals surface area (Å²) in [5.41, 5.74) is -0.104. The number of aliphatic hydroxyl groups excluding tert-OH is 1. The van der Waals surface area contributed by atoms with Gasteiger partial charge >= 0.3 is 0 Å². The summed E-state index contributed by atoms with van der Waals surface area (Å²) >= 11 is 0. The van der Waals surface area contributed by atoms with Crippen molar-refractivity contribution in [1.29, 1.82) is 0 Å². The van der Waals surface area contributed by atoms with Crippen LogP contribution in [0, 0.1) is 11.6 Å². The van der Waals surface area contributed by atoms with E-state index < -0.39 is 33.0 Å². The molecule has 2 aliphatic rings. The van der Waals surface area contributed by atoms with Crippen molar-refractivity contribution in [1.82, 2.24) is 9.62 Å². The van der Waals surface area contributed by atoms with Gasteiger partial charge in [-0.3, -0.25) is 4.90 Å². The van der Waals surface area contributed by atoms with E-state index in [4.69, 9.17) is 0 Å². The maximum absolute atomic E-state index is 13.7. The number of halogens is 2. The number of likely N-dealkylation sites (tertiary alicyclic amines) is 1. The number of hydrogen-bond donors (Lipinski definition) is 2. The Morgan fingerprint density at radius 3 is 2.74 bits per heavy atom. The average molecular weight is 346 g/mol. The molecule has 2 N–H and O–H groups in total. The fraction of sp³-hybridized carbons (Fsp3) is 0.600. The predicted octanol–water partition coefficient (Wildman–Crippen LogP) is 1.15. The maximum Gasteiger partial charge on any atom is 0.216 e. The molecule has 2 atom stereocenters. The van der Waals surface area contributed by atoms with Crippen molar-refractivity contribution in [3.05, 3.63) is 35.4 Å². The summed E-state index contributed by atoms with van der Waals surface area (Å²) in [6, 6.07) is 3.01. The summed E-state index contributed by atoms with van der Waals surface area (Å²) in [7, 11) is -3.35. The normalized spacial score (nSPS) is 24.0. The SMILES string of the molecule is O=S(=O)(NC1CC1)C1CCN(CC(O)c2cc(F)ccc2F)C1. The van der Waals surface area contributed by atoms with Gasteiger partial charge < -0.3 is 5.11 Å². The molecular weight excluding hydrogens is 326 g/mol. The molecule has 3 rings (SSSR count). The van der Waals surface area contributed by atoms with E-state index in [2.05, 4.69) is 4.72 Å². The molecule has 5 nitrogen and oxygen atoms in total. The molecule has 0 spiro atoms. The van der Waals surface area contributed by atoms with E-state index >= 15 is 0 Å². The van der Waals surface area contributed by atoms with Crippen LogP contribution in [-0.4, -0.2) is 49.4 Å². The summed E-state index contributed by atoms with van der Waals surface area (Å²) < 4.78 is 53.9. The van der Waals surface area contributed by atoms with Crippen molar-refractivity contribution in [3.8, 4) is 0 Å². The number of rotatable bonds is 6. The molecule has 2 unspecified atom stereocenters. The third kappa shape index (κ3) is 4.06. The van der Waals surface area contributed by atoms with Gasteiger partial charge in [-0.25, -0.2) is 21.9 Å². The van der Waals surface area contributed by atoms with E-state index in [1.807, 2.05) is 0 Å². The van der Waals surface area contributed by atoms with Gasteiger partial charge in [0.2, 0.25) is 10.0 Å². The van der Waals surface area contributed by atoms with E-state index in [1.54, 1.807) is 4.90 Å². The molecule has 1 heterocycles. The summed E-state index contributed by atoms with van der Waals surface area (Å²) in [4.78, 5) is 1.77. The van der Waals surface area contributed by atoms with Crippen LogP contribution in [0.2, 0.25) is 0 Å². The smallest absolute Gasteiger partial charge is 0.216 e. The van der Waals surface area contributed by atoms with E-state index in [0.717, 1.165) is 31.0 Å². The van der Waals surface area contributed by atoms with Gasteiger partial charge in [-0.05, 0) is 44.0 Å². The molecule has 0 amide bonds. The third-order valence-corrected chi connectivity index (χ3v) is 6.25. The fourth-order valence-corrected chi connectivity index (χ4v) is 4.57. The second-order valence-corrected chi connectivity index (χ2v) is 8.28. The Kier molecular flexibility index (Phi) is 4.68. The quantitative estimate of drug-likeness (QED) is 0.811. The predicted molar refractivity (Wildman–Crippen MR) is 81.2 cm³/mol. The van der Waals surface area contributed by atoms with Gasteiger partial charge in [-0.2, -0.15) is 0 Å². The topological polar surface area (TPSA) is 69.6 Å². The largest absolute Gasteiger partial charge is 0.387 e. The van der Waals surface area contributed by atoms with Crippen molar-refractivity contribution in [2.75, 3.05) is 19.6 Å². The summed E-state index contributed by atoms with van der Waals surface area (Å²) in [6.45, 7) is 0.871. The van der Waals surface area contributed by atoms with Crippen molar-refractivity contribution >= 4 is 10.0 Å². The first kappa shape index (κ1) is 16.8. The number of nitrogens with zero attached hydrogens (tertiary/aromatic N) is 1. The first-order valence-corrected chi connectivity index (χ1v) is 9.26. The second-order valence-electron chi connectivity index (χ2n) is 6.29. The summed E-state index contributed by atoms with van der Waals surface area (Å²) in [5, 5.41) is 9.60. The zero-order chi connectivity index (χ0) is 16.6. The van der Waals surface area contributed by atoms with Crippen molar-refractivity contribution in [2.24, 2.45) is 0 Å². The first-order chi connectivity index (χ1) is 10.8. The average Bonchev–Trinajstić information content (AvgIpc) is 3.15. The van der Waals surface area contributed by atoms with E-state index in [0.29, 0.717) is 13.0 Å². The fourth-order valence-electron chi connectivity index (χ4n) is 2.86. The van der Waals surface area contributed by atoms with Crippen LogP contribution in [0.4, 0.5) is 8.78 Å². The molecular formula is C15H20F2N2O3S. The van der Waals surface area contributed by atoms with Crippen LogP contribution in [-0.2, 0) is 10.0 Å². The van der Waals surface area contributed by atoms with Crippen LogP contribution < -0.4 is 4.72 Å². The molecule has 1 aliphatic heterocycles. The zero-order valence-electron chi connectivity index (χ0n) is 12.6. The lowest BCUT2D eigenvalue weighted by molar-refractivity contribution is 0.122. The molecule has 1 aromatic rings. The molecule has 0 radical (unpaired) electrons. The van der Waals surface area contributed by atoms with Gasteiger partial charge in [0.15, 0.2) is 0 Å². The molecule has 128 valence electrons. The molecule has 8 heteroatoms. The summed E-state index contributed by atoms with van der Waals surface area (Å²) in [5.74, 6) is -1.28. The van der Waals surface area contributed by atoms with E-state index in [9.17, 15) is 22.3 Å². The van der Waals surface area contributed by atoms with E-state index in [-0.39, 0.29) is 24.7 Å². The van der Waals surface area contributed by atoms with Crippen LogP contribution in [0.25, 0.3) is 0 Å². The number of aliphatic hydroxyl groups is 1. The highest BCUT2D eigenvalue weighted by molar-refractivity contribution is 7.90. The lowest BCUT2D eigenvalue weighted by Gasteiger charge is -2.21. The summed E-state index contributed by atoms with van der Waals surface area (Å²) in [6.07, 6.45) is 1.05. The minimum atomic E-state index is -3.35. The molecule has 1 saturated heterocycles. The standard InChI is InChI=1S/C15H20F2N2O3S/c16-10-1-4-14(17)13(7-10)15(20)9-19-6-5-12(8-19)23(21,22)18-11-2-3-11/h1,4,7,11-12,15,18,20H,2-3,5-6,8-9H2. The molecule has 1 aliphatic carbocycles. The van der Waals surface area contributed by atoms with Crippen LogP contribution in [0.5, 0.6) is 0 Å². The number of sulfonamides is 1. The minimum absolute atomic E-state index is 0.0704. The number of nitrogens with one attached hydrogen (secondary N) is 1. The zero-order valence-corrected chi connectivity index (χ0v) is 13.4. The first-order valence-electron chi connectivity index (χ1n) is 7.71. The highest BCUT2D eigenvalue weighted by Gasteiger charge is 2.37. The van der Waals surface area contributed by atoms with Crippen LogP contribution in [0.1, 0.15) is 30.9 Å². The molecule has 1 aromatic carbocycles. The number of β-amino-alcohol motifs (C(OH)–C–C–N with tert-alkyl or cyclic N) is 1. The molecule has 1 saturated carbocycles. The monoisotopic (exact) mass is 346 g/mol. The minimum Gasteiger partial charge on any atom is -0.387 e. The Hall–Kier alpha value is -1.09. The van der Waals surface area contributed by atoms with Gasteiger partial charge in [-0.15, -0.1) is 0 Å². The molecule has 0 bridgehead atoms. The van der Waals surface area contributed by atoms with Crippen molar-refractivity contribution in [3.63, 3.8) is 0 Å². The van der Waals surface area contributed by atoms with Gasteiger partial charge in [0.1, 0.15) is 11.6 Å². The Bertz CT molecular complexity index is 679. The van der Waals surface area contributed by atoms with Crippen molar-refractivity contribution < 1.29 is 22.3 Å². The number of hydrogen-bond acceptors (Lipinski definition) is 4. The lowest BCUT2D eigenvalue weighted by Crippen LogP contribution is -2.38. The van der Waals surface area contributed by atoms with Gasteiger partial charge in [0, 0.05) is 24.7 Å². The van der Waals surface area contributed by atoms with Gasteiger partial charge in [0.25, 0.3) is 0 Å². The second kappa shape index (κ2) is 6.43. The Morgan fingerprint density at radius 1 is 1.30 bits per heavy atom. The van der Waals surface area contributed by atoms with Gasteiger partial charge in [0.05, 0.1) is 11.4 Å².